The molecule has 0 saturated carbocycles. The minimum absolute atomic E-state index is 0.0220. The van der Waals surface area contributed by atoms with E-state index in [9.17, 15) is 8.78 Å². The van der Waals surface area contributed by atoms with Crippen LogP contribution in [-0.4, -0.2) is 26.2 Å². The maximum absolute atomic E-state index is 13.8. The first-order valence-corrected chi connectivity index (χ1v) is 6.44. The van der Waals surface area contributed by atoms with Crippen LogP contribution in [0.2, 0.25) is 0 Å². The summed E-state index contributed by atoms with van der Waals surface area (Å²) >= 11 is 2.92. The van der Waals surface area contributed by atoms with Gasteiger partial charge in [-0.15, -0.1) is 5.10 Å². The van der Waals surface area contributed by atoms with E-state index < -0.39 is 11.6 Å². The summed E-state index contributed by atoms with van der Waals surface area (Å²) in [6, 6.07) is 2.33. The van der Waals surface area contributed by atoms with Gasteiger partial charge in [0.2, 0.25) is 0 Å². The van der Waals surface area contributed by atoms with Crippen molar-refractivity contribution >= 4 is 15.9 Å². The average Bonchev–Trinajstić information content (AvgIpc) is 2.79. The van der Waals surface area contributed by atoms with Gasteiger partial charge in [-0.1, -0.05) is 13.8 Å². The second kappa shape index (κ2) is 5.70. The molecular formula is C11H12BrF2N5. The lowest BCUT2D eigenvalue weighted by Crippen LogP contribution is -2.24. The van der Waals surface area contributed by atoms with Crippen molar-refractivity contribution < 1.29 is 8.78 Å². The van der Waals surface area contributed by atoms with Crippen LogP contribution in [-0.2, 0) is 6.54 Å². The van der Waals surface area contributed by atoms with Crippen LogP contribution in [0.4, 0.5) is 8.78 Å². The number of aromatic nitrogens is 4. The third-order valence-corrected chi connectivity index (χ3v) is 3.03. The molecule has 5 nitrogen and oxygen atoms in total. The molecule has 0 atom stereocenters. The van der Waals surface area contributed by atoms with Gasteiger partial charge < -0.3 is 5.32 Å². The molecule has 1 aromatic heterocycles. The van der Waals surface area contributed by atoms with Crippen molar-refractivity contribution in [2.75, 3.05) is 0 Å². The van der Waals surface area contributed by atoms with Crippen molar-refractivity contribution in [3.63, 3.8) is 0 Å². The smallest absolute Gasteiger partial charge is 0.170 e. The van der Waals surface area contributed by atoms with E-state index in [1.54, 1.807) is 0 Å². The molecule has 1 aromatic carbocycles. The number of benzene rings is 1. The Hall–Kier alpha value is -1.41. The molecule has 0 fully saturated rings. The SMILES string of the molecule is CC(C)NCc1nnnn1-c1cc(F)c(Br)cc1F. The highest BCUT2D eigenvalue weighted by molar-refractivity contribution is 9.10. The Morgan fingerprint density at radius 3 is 2.74 bits per heavy atom. The first-order chi connectivity index (χ1) is 8.99. The van der Waals surface area contributed by atoms with Crippen molar-refractivity contribution in [2.24, 2.45) is 0 Å². The van der Waals surface area contributed by atoms with Crippen LogP contribution >= 0.6 is 15.9 Å². The Morgan fingerprint density at radius 2 is 2.05 bits per heavy atom. The average molecular weight is 332 g/mol. The van der Waals surface area contributed by atoms with Crippen molar-refractivity contribution in [1.29, 1.82) is 0 Å². The Balaban J connectivity index is 2.37. The Labute approximate surface area is 117 Å². The molecule has 1 heterocycles. The van der Waals surface area contributed by atoms with Crippen molar-refractivity contribution in [2.45, 2.75) is 26.4 Å². The maximum atomic E-state index is 13.8. The van der Waals surface area contributed by atoms with E-state index in [0.717, 1.165) is 12.1 Å². The summed E-state index contributed by atoms with van der Waals surface area (Å²) in [5.74, 6) is -0.768. The molecule has 2 rings (SSSR count). The predicted octanol–water partition coefficient (Wildman–Crippen LogP) is 2.20. The fourth-order valence-corrected chi connectivity index (χ4v) is 1.79. The molecule has 0 bridgehead atoms. The minimum Gasteiger partial charge on any atom is -0.308 e. The van der Waals surface area contributed by atoms with E-state index in [1.807, 2.05) is 13.8 Å². The summed E-state index contributed by atoms with van der Waals surface area (Å²) in [5, 5.41) is 14.1. The van der Waals surface area contributed by atoms with Gasteiger partial charge in [0.1, 0.15) is 17.3 Å². The number of hydrogen-bond acceptors (Lipinski definition) is 4. The summed E-state index contributed by atoms with van der Waals surface area (Å²) in [6.45, 7) is 4.30. The molecular weight excluding hydrogens is 320 g/mol. The number of hydrogen-bond donors (Lipinski definition) is 1. The summed E-state index contributed by atoms with van der Waals surface area (Å²) in [5.41, 5.74) is -0.0220. The highest BCUT2D eigenvalue weighted by Crippen LogP contribution is 2.22. The molecule has 0 radical (unpaired) electrons. The normalized spacial score (nSPS) is 11.3. The Kier molecular flexibility index (Phi) is 4.20. The largest absolute Gasteiger partial charge is 0.308 e. The Bertz CT molecular complexity index is 584. The van der Waals surface area contributed by atoms with Crippen LogP contribution in [0.3, 0.4) is 0 Å². The number of rotatable bonds is 4. The van der Waals surface area contributed by atoms with E-state index in [1.165, 1.54) is 4.68 Å². The molecule has 2 aromatic rings. The highest BCUT2D eigenvalue weighted by atomic mass is 79.9. The minimum atomic E-state index is -0.605. The third kappa shape index (κ3) is 3.13. The van der Waals surface area contributed by atoms with Crippen molar-refractivity contribution in [3.8, 4) is 5.69 Å². The van der Waals surface area contributed by atoms with E-state index in [2.05, 4.69) is 36.8 Å². The van der Waals surface area contributed by atoms with E-state index in [-0.39, 0.29) is 16.2 Å². The molecule has 19 heavy (non-hydrogen) atoms. The van der Waals surface area contributed by atoms with Crippen molar-refractivity contribution in [1.82, 2.24) is 25.5 Å². The lowest BCUT2D eigenvalue weighted by molar-refractivity contribution is 0.549. The van der Waals surface area contributed by atoms with Gasteiger partial charge in [0, 0.05) is 12.1 Å². The summed E-state index contributed by atoms with van der Waals surface area (Å²) < 4.78 is 28.6. The zero-order valence-corrected chi connectivity index (χ0v) is 11.9. The van der Waals surface area contributed by atoms with Crippen LogP contribution in [0.5, 0.6) is 0 Å². The molecule has 0 aliphatic carbocycles. The van der Waals surface area contributed by atoms with Crippen LogP contribution in [0, 0.1) is 11.6 Å². The molecule has 1 N–H and O–H groups in total. The highest BCUT2D eigenvalue weighted by Gasteiger charge is 2.15. The van der Waals surface area contributed by atoms with Gasteiger partial charge in [0.25, 0.3) is 0 Å². The van der Waals surface area contributed by atoms with E-state index in [0.29, 0.717) is 12.4 Å². The second-order valence-electron chi connectivity index (χ2n) is 4.26. The standard InChI is InChI=1S/C11H12BrF2N5/c1-6(2)15-5-11-16-17-18-19(11)10-4-8(13)7(12)3-9(10)14/h3-4,6,15H,5H2,1-2H3. The molecule has 8 heteroatoms. The zero-order chi connectivity index (χ0) is 14.0. The fourth-order valence-electron chi connectivity index (χ4n) is 1.47. The molecule has 0 spiro atoms. The summed E-state index contributed by atoms with van der Waals surface area (Å²) in [6.07, 6.45) is 0. The van der Waals surface area contributed by atoms with Crippen LogP contribution in [0.15, 0.2) is 16.6 Å². The van der Waals surface area contributed by atoms with Gasteiger partial charge in [-0.05, 0) is 32.4 Å². The summed E-state index contributed by atoms with van der Waals surface area (Å²) in [7, 11) is 0. The Morgan fingerprint density at radius 1 is 1.32 bits per heavy atom. The maximum Gasteiger partial charge on any atom is 0.170 e. The quantitative estimate of drug-likeness (QED) is 0.872. The monoisotopic (exact) mass is 331 g/mol. The molecule has 0 saturated heterocycles. The number of halogens is 3. The first kappa shape index (κ1) is 14.0. The van der Waals surface area contributed by atoms with Crippen LogP contribution in [0.1, 0.15) is 19.7 Å². The van der Waals surface area contributed by atoms with E-state index >= 15 is 0 Å². The zero-order valence-electron chi connectivity index (χ0n) is 10.4. The van der Waals surface area contributed by atoms with Gasteiger partial charge >= 0.3 is 0 Å². The third-order valence-electron chi connectivity index (χ3n) is 2.42. The predicted molar refractivity (Wildman–Crippen MR) is 68.7 cm³/mol. The molecule has 0 unspecified atom stereocenters. The topological polar surface area (TPSA) is 55.6 Å². The van der Waals surface area contributed by atoms with Gasteiger partial charge in [-0.25, -0.2) is 8.78 Å². The molecule has 102 valence electrons. The van der Waals surface area contributed by atoms with Crippen LogP contribution in [0.25, 0.3) is 5.69 Å². The number of nitrogens with zero attached hydrogens (tertiary/aromatic N) is 4. The van der Waals surface area contributed by atoms with Gasteiger partial charge in [-0.3, -0.25) is 0 Å². The molecule has 0 amide bonds. The van der Waals surface area contributed by atoms with Gasteiger partial charge in [-0.2, -0.15) is 4.68 Å². The fraction of sp³-hybridized carbons (Fsp3) is 0.364. The molecule has 0 aliphatic heterocycles. The number of nitrogens with one attached hydrogen (secondary N) is 1. The van der Waals surface area contributed by atoms with E-state index in [4.69, 9.17) is 0 Å². The number of tetrazole rings is 1. The second-order valence-corrected chi connectivity index (χ2v) is 5.11. The first-order valence-electron chi connectivity index (χ1n) is 5.64. The summed E-state index contributed by atoms with van der Waals surface area (Å²) in [4.78, 5) is 0. The van der Waals surface area contributed by atoms with Crippen molar-refractivity contribution in [3.05, 3.63) is 34.1 Å². The van der Waals surface area contributed by atoms with Crippen LogP contribution < -0.4 is 5.32 Å². The van der Waals surface area contributed by atoms with Gasteiger partial charge in [0.05, 0.1) is 11.0 Å². The lowest BCUT2D eigenvalue weighted by Gasteiger charge is -2.09. The lowest BCUT2D eigenvalue weighted by atomic mass is 10.3. The van der Waals surface area contributed by atoms with Gasteiger partial charge in [0.15, 0.2) is 5.82 Å². The molecule has 0 aliphatic rings.